The maximum atomic E-state index is 12.6. The lowest BCUT2D eigenvalue weighted by Gasteiger charge is -2.35. The van der Waals surface area contributed by atoms with Crippen molar-refractivity contribution in [3.63, 3.8) is 0 Å². The Labute approximate surface area is 139 Å². The Kier molecular flexibility index (Phi) is 3.60. The number of rotatable bonds is 3. The van der Waals surface area contributed by atoms with Gasteiger partial charge in [0.05, 0.1) is 6.54 Å². The van der Waals surface area contributed by atoms with Gasteiger partial charge in [-0.25, -0.2) is 4.98 Å². The van der Waals surface area contributed by atoms with Gasteiger partial charge >= 0.3 is 0 Å². The highest BCUT2D eigenvalue weighted by Gasteiger charge is 2.26. The van der Waals surface area contributed by atoms with E-state index in [1.54, 1.807) is 4.52 Å². The Hall–Kier alpha value is -2.96. The molecule has 122 valence electrons. The predicted molar refractivity (Wildman–Crippen MR) is 89.6 cm³/mol. The number of carbonyl (C=O) groups excluding carboxylic acids is 1. The lowest BCUT2D eigenvalue weighted by atomic mass is 10.2. The number of amides is 1. The third kappa shape index (κ3) is 2.68. The first-order valence-corrected chi connectivity index (χ1v) is 7.95. The molecule has 1 saturated heterocycles. The molecule has 1 aromatic carbocycles. The molecule has 7 nitrogen and oxygen atoms in total. The van der Waals surface area contributed by atoms with Gasteiger partial charge in [0.25, 0.3) is 5.78 Å². The van der Waals surface area contributed by atoms with Crippen molar-refractivity contribution in [1.82, 2.24) is 24.5 Å². The smallest absolute Gasteiger partial charge is 0.254 e. The molecule has 0 spiro atoms. The average Bonchev–Trinajstić information content (AvgIpc) is 3.05. The molecular formula is C17H18N6O. The van der Waals surface area contributed by atoms with Crippen molar-refractivity contribution in [2.45, 2.75) is 13.5 Å². The summed E-state index contributed by atoms with van der Waals surface area (Å²) in [4.78, 5) is 25.0. The van der Waals surface area contributed by atoms with Crippen molar-refractivity contribution < 1.29 is 4.79 Å². The van der Waals surface area contributed by atoms with Crippen LogP contribution in [0.1, 0.15) is 11.3 Å². The number of anilines is 1. The van der Waals surface area contributed by atoms with Gasteiger partial charge in [-0.1, -0.05) is 30.3 Å². The SMILES string of the molecule is Cc1cc(N2CCN(Cc3ccccc3)C(=O)C2)n2ncnc2n1. The molecule has 0 unspecified atom stereocenters. The van der Waals surface area contributed by atoms with Crippen LogP contribution in [0, 0.1) is 6.92 Å². The molecule has 2 aromatic heterocycles. The summed E-state index contributed by atoms with van der Waals surface area (Å²) < 4.78 is 1.69. The fourth-order valence-electron chi connectivity index (χ4n) is 3.01. The quantitative estimate of drug-likeness (QED) is 0.727. The van der Waals surface area contributed by atoms with Crippen LogP contribution in [0.3, 0.4) is 0 Å². The van der Waals surface area contributed by atoms with Crippen molar-refractivity contribution in [3.8, 4) is 0 Å². The first-order chi connectivity index (χ1) is 11.7. The minimum Gasteiger partial charge on any atom is -0.345 e. The number of hydrogen-bond acceptors (Lipinski definition) is 5. The van der Waals surface area contributed by atoms with E-state index in [2.05, 4.69) is 15.1 Å². The molecule has 1 aliphatic heterocycles. The van der Waals surface area contributed by atoms with Gasteiger partial charge < -0.3 is 9.80 Å². The van der Waals surface area contributed by atoms with Crippen LogP contribution in [0.4, 0.5) is 5.82 Å². The fraction of sp³-hybridized carbons (Fsp3) is 0.294. The number of carbonyl (C=O) groups is 1. The monoisotopic (exact) mass is 322 g/mol. The van der Waals surface area contributed by atoms with Gasteiger partial charge in [0, 0.05) is 31.4 Å². The number of aromatic nitrogens is 4. The summed E-state index contributed by atoms with van der Waals surface area (Å²) in [6.45, 7) is 4.36. The highest BCUT2D eigenvalue weighted by Crippen LogP contribution is 2.19. The van der Waals surface area contributed by atoms with Gasteiger partial charge in [-0.15, -0.1) is 0 Å². The third-order valence-corrected chi connectivity index (χ3v) is 4.22. The summed E-state index contributed by atoms with van der Waals surface area (Å²) in [5.74, 6) is 1.54. The largest absolute Gasteiger partial charge is 0.345 e. The second-order valence-corrected chi connectivity index (χ2v) is 5.95. The third-order valence-electron chi connectivity index (χ3n) is 4.22. The van der Waals surface area contributed by atoms with E-state index in [0.717, 1.165) is 23.6 Å². The fourth-order valence-corrected chi connectivity index (χ4v) is 3.01. The van der Waals surface area contributed by atoms with Crippen LogP contribution >= 0.6 is 0 Å². The van der Waals surface area contributed by atoms with Crippen LogP contribution < -0.4 is 4.90 Å². The zero-order valence-electron chi connectivity index (χ0n) is 13.5. The molecule has 1 fully saturated rings. The molecule has 4 rings (SSSR count). The Bertz CT molecular complexity index is 875. The Morgan fingerprint density at radius 3 is 2.79 bits per heavy atom. The highest BCUT2D eigenvalue weighted by molar-refractivity contribution is 5.82. The molecule has 1 aliphatic rings. The summed E-state index contributed by atoms with van der Waals surface area (Å²) in [6.07, 6.45) is 1.48. The number of fused-ring (bicyclic) bond motifs is 1. The summed E-state index contributed by atoms with van der Waals surface area (Å²) in [5.41, 5.74) is 2.02. The molecule has 3 aromatic rings. The Balaban J connectivity index is 1.54. The van der Waals surface area contributed by atoms with Crippen molar-refractivity contribution in [1.29, 1.82) is 0 Å². The van der Waals surface area contributed by atoms with E-state index in [0.29, 0.717) is 25.4 Å². The summed E-state index contributed by atoms with van der Waals surface area (Å²) in [6, 6.07) is 12.0. The number of aryl methyl sites for hydroxylation is 1. The zero-order chi connectivity index (χ0) is 16.5. The van der Waals surface area contributed by atoms with E-state index in [1.165, 1.54) is 6.33 Å². The summed E-state index contributed by atoms with van der Waals surface area (Å²) in [5, 5.41) is 4.22. The number of hydrogen-bond donors (Lipinski definition) is 0. The standard InChI is InChI=1S/C17H18N6O/c1-13-9-15(23-17(20-13)18-12-19-23)21-7-8-22(16(24)11-21)10-14-5-3-2-4-6-14/h2-6,9,12H,7-8,10-11H2,1H3. The van der Waals surface area contributed by atoms with E-state index in [-0.39, 0.29) is 5.91 Å². The van der Waals surface area contributed by atoms with Crippen LogP contribution in [-0.2, 0) is 11.3 Å². The topological polar surface area (TPSA) is 66.6 Å². The second-order valence-electron chi connectivity index (χ2n) is 5.95. The molecule has 24 heavy (non-hydrogen) atoms. The highest BCUT2D eigenvalue weighted by atomic mass is 16.2. The van der Waals surface area contributed by atoms with Gasteiger partial charge in [-0.2, -0.15) is 14.6 Å². The molecule has 0 bridgehead atoms. The van der Waals surface area contributed by atoms with E-state index >= 15 is 0 Å². The minimum atomic E-state index is 0.118. The van der Waals surface area contributed by atoms with Crippen molar-refractivity contribution >= 4 is 17.5 Å². The van der Waals surface area contributed by atoms with Crippen molar-refractivity contribution in [3.05, 3.63) is 54.0 Å². The van der Waals surface area contributed by atoms with Crippen LogP contribution in [-0.4, -0.2) is 50.0 Å². The number of benzene rings is 1. The molecule has 1 amide bonds. The van der Waals surface area contributed by atoms with Crippen LogP contribution in [0.5, 0.6) is 0 Å². The molecule has 0 saturated carbocycles. The Morgan fingerprint density at radius 2 is 2.00 bits per heavy atom. The lowest BCUT2D eigenvalue weighted by molar-refractivity contribution is -0.131. The van der Waals surface area contributed by atoms with Crippen molar-refractivity contribution in [2.75, 3.05) is 24.5 Å². The normalized spacial score (nSPS) is 15.3. The lowest BCUT2D eigenvalue weighted by Crippen LogP contribution is -2.50. The molecule has 0 radical (unpaired) electrons. The number of piperazine rings is 1. The average molecular weight is 322 g/mol. The molecule has 0 N–H and O–H groups in total. The second kappa shape index (κ2) is 5.92. The molecule has 7 heteroatoms. The molecule has 3 heterocycles. The molecule has 0 aliphatic carbocycles. The van der Waals surface area contributed by atoms with Gasteiger partial charge in [-0.05, 0) is 12.5 Å². The molecule has 0 atom stereocenters. The maximum Gasteiger partial charge on any atom is 0.254 e. The van der Waals surface area contributed by atoms with Gasteiger partial charge in [-0.3, -0.25) is 4.79 Å². The van der Waals surface area contributed by atoms with Crippen LogP contribution in [0.15, 0.2) is 42.7 Å². The minimum absolute atomic E-state index is 0.118. The summed E-state index contributed by atoms with van der Waals surface area (Å²) in [7, 11) is 0. The van der Waals surface area contributed by atoms with Gasteiger partial charge in [0.2, 0.25) is 5.91 Å². The van der Waals surface area contributed by atoms with Gasteiger partial charge in [0.1, 0.15) is 12.1 Å². The van der Waals surface area contributed by atoms with E-state index in [1.807, 2.05) is 53.1 Å². The summed E-state index contributed by atoms with van der Waals surface area (Å²) >= 11 is 0. The first-order valence-electron chi connectivity index (χ1n) is 7.95. The molecular weight excluding hydrogens is 304 g/mol. The zero-order valence-corrected chi connectivity index (χ0v) is 13.5. The van der Waals surface area contributed by atoms with Gasteiger partial charge in [0.15, 0.2) is 0 Å². The number of nitrogens with zero attached hydrogens (tertiary/aromatic N) is 6. The van der Waals surface area contributed by atoms with Crippen molar-refractivity contribution in [2.24, 2.45) is 0 Å². The Morgan fingerprint density at radius 1 is 1.17 bits per heavy atom. The van der Waals surface area contributed by atoms with E-state index in [9.17, 15) is 4.79 Å². The first kappa shape index (κ1) is 14.6. The van der Waals surface area contributed by atoms with E-state index in [4.69, 9.17) is 0 Å². The van der Waals surface area contributed by atoms with Crippen LogP contribution in [0.25, 0.3) is 5.78 Å². The van der Waals surface area contributed by atoms with E-state index < -0.39 is 0 Å². The maximum absolute atomic E-state index is 12.6. The predicted octanol–water partition coefficient (Wildman–Crippen LogP) is 1.28. The van der Waals surface area contributed by atoms with Crippen LogP contribution in [0.2, 0.25) is 0 Å².